The third kappa shape index (κ3) is 46.5. The maximum absolute atomic E-state index is 12.6. The van der Waals surface area contributed by atoms with Gasteiger partial charge in [-0.2, -0.15) is 0 Å². The van der Waals surface area contributed by atoms with Crippen molar-refractivity contribution in [3.63, 3.8) is 0 Å². The first-order chi connectivity index (χ1) is 29.4. The molecular formula is C51H88NO7P. The van der Waals surface area contributed by atoms with Crippen LogP contribution in [0.3, 0.4) is 0 Å². The average molecular weight is 858 g/mol. The van der Waals surface area contributed by atoms with Crippen molar-refractivity contribution in [2.75, 3.05) is 33.0 Å². The Hall–Kier alpha value is -2.58. The maximum atomic E-state index is 12.6. The summed E-state index contributed by atoms with van der Waals surface area (Å²) < 4.78 is 33.5. The highest BCUT2D eigenvalue weighted by atomic mass is 31.2. The quantitative estimate of drug-likeness (QED) is 0.0269. The van der Waals surface area contributed by atoms with Crippen LogP contribution in [0.2, 0.25) is 0 Å². The number of carbonyl (C=O) groups is 1. The van der Waals surface area contributed by atoms with E-state index in [1.54, 1.807) is 0 Å². The minimum atomic E-state index is -4.30. The molecule has 0 heterocycles. The summed E-state index contributed by atoms with van der Waals surface area (Å²) in [6.45, 7) is 4.70. The van der Waals surface area contributed by atoms with E-state index in [1.165, 1.54) is 51.4 Å². The number of phosphoric ester groups is 1. The van der Waals surface area contributed by atoms with Crippen LogP contribution in [0.25, 0.3) is 0 Å². The van der Waals surface area contributed by atoms with Crippen molar-refractivity contribution in [1.82, 2.24) is 0 Å². The molecule has 0 saturated heterocycles. The van der Waals surface area contributed by atoms with Crippen molar-refractivity contribution < 1.29 is 32.8 Å². The molecule has 0 rings (SSSR count). The highest BCUT2D eigenvalue weighted by Crippen LogP contribution is 2.43. The van der Waals surface area contributed by atoms with Gasteiger partial charge in [0.2, 0.25) is 0 Å². The smallest absolute Gasteiger partial charge is 0.457 e. The molecule has 0 aliphatic heterocycles. The molecule has 344 valence electrons. The summed E-state index contributed by atoms with van der Waals surface area (Å²) in [6.07, 6.45) is 62.9. The number of phosphoric acid groups is 1. The van der Waals surface area contributed by atoms with E-state index in [4.69, 9.17) is 24.3 Å². The fraction of sp³-hybridized carbons (Fsp3) is 0.667. The molecule has 0 fully saturated rings. The minimum absolute atomic E-state index is 0.0874. The van der Waals surface area contributed by atoms with Gasteiger partial charge in [0.25, 0.3) is 0 Å². The first-order valence-corrected chi connectivity index (χ1v) is 25.2. The van der Waals surface area contributed by atoms with Crippen LogP contribution < -0.4 is 5.73 Å². The highest BCUT2D eigenvalue weighted by Gasteiger charge is 2.25. The number of allylic oxidation sites excluding steroid dienone is 16. The Morgan fingerprint density at radius 2 is 0.933 bits per heavy atom. The number of carbonyl (C=O) groups excluding carboxylic acids is 1. The fourth-order valence-electron chi connectivity index (χ4n) is 6.03. The zero-order valence-corrected chi connectivity index (χ0v) is 39.1. The molecule has 0 aliphatic rings. The molecule has 9 heteroatoms. The molecule has 60 heavy (non-hydrogen) atoms. The van der Waals surface area contributed by atoms with Crippen LogP contribution in [0.1, 0.15) is 181 Å². The van der Waals surface area contributed by atoms with Crippen LogP contribution >= 0.6 is 7.82 Å². The second-order valence-corrected chi connectivity index (χ2v) is 16.7. The summed E-state index contributed by atoms with van der Waals surface area (Å²) in [6, 6.07) is 0. The van der Waals surface area contributed by atoms with Gasteiger partial charge in [0.1, 0.15) is 6.10 Å². The first kappa shape index (κ1) is 57.4. The molecule has 0 spiro atoms. The lowest BCUT2D eigenvalue weighted by Gasteiger charge is -2.20. The third-order valence-corrected chi connectivity index (χ3v) is 10.5. The molecule has 3 N–H and O–H groups in total. The molecule has 0 aromatic rings. The Balaban J connectivity index is 4.11. The molecule has 0 aromatic carbocycles. The van der Waals surface area contributed by atoms with E-state index in [9.17, 15) is 14.3 Å². The topological polar surface area (TPSA) is 117 Å². The van der Waals surface area contributed by atoms with E-state index in [-0.39, 0.29) is 32.3 Å². The Labute approximate surface area is 368 Å². The number of hydrogen-bond donors (Lipinski definition) is 2. The lowest BCUT2D eigenvalue weighted by Crippen LogP contribution is -2.28. The SMILES string of the molecule is CC/C=C\C/C=C\C/C=C\C/C=C\C/C=C\CCCCCCOCC(COP(=O)(O)OCCN)OC(=O)CCCCCCCC/C=C\C/C=C\C/C=C\CCCCCCC. The van der Waals surface area contributed by atoms with E-state index >= 15 is 0 Å². The van der Waals surface area contributed by atoms with Crippen LogP contribution in [0, 0.1) is 0 Å². The van der Waals surface area contributed by atoms with E-state index < -0.39 is 13.9 Å². The monoisotopic (exact) mass is 858 g/mol. The van der Waals surface area contributed by atoms with E-state index in [0.29, 0.717) is 13.0 Å². The van der Waals surface area contributed by atoms with Gasteiger partial charge in [0.05, 0.1) is 19.8 Å². The molecule has 2 atom stereocenters. The molecule has 8 nitrogen and oxygen atoms in total. The zero-order chi connectivity index (χ0) is 43.7. The van der Waals surface area contributed by atoms with Gasteiger partial charge in [-0.1, -0.05) is 175 Å². The fourth-order valence-corrected chi connectivity index (χ4v) is 6.79. The Morgan fingerprint density at radius 1 is 0.517 bits per heavy atom. The first-order valence-electron chi connectivity index (χ1n) is 23.7. The number of rotatable bonds is 44. The Kier molecular flexibility index (Phi) is 45.4. The predicted molar refractivity (Wildman–Crippen MR) is 256 cm³/mol. The van der Waals surface area contributed by atoms with Gasteiger partial charge in [-0.05, 0) is 96.3 Å². The van der Waals surface area contributed by atoms with Crippen LogP contribution in [0.4, 0.5) is 0 Å². The molecule has 0 bridgehead atoms. The number of nitrogens with two attached hydrogens (primary N) is 1. The summed E-state index contributed by atoms with van der Waals surface area (Å²) in [4.78, 5) is 22.6. The van der Waals surface area contributed by atoms with Crippen LogP contribution in [-0.4, -0.2) is 49.9 Å². The molecular weight excluding hydrogens is 770 g/mol. The largest absolute Gasteiger partial charge is 0.472 e. The standard InChI is InChI=1S/C51H88NO7P/c1-3-5-7-9-11-13-15-17-19-21-23-25-26-28-30-32-34-36-38-40-42-44-51(53)59-50(49-58-60(54,55)57-47-45-52)48-56-46-43-41-39-37-35-33-31-29-27-24-22-20-18-16-14-12-10-8-6-4-2/h6,8,12,14-15,17-18,20-21,23-24,26-28,31,33,50H,3-5,7,9-11,13,16,19,22,25,29-30,32,34-49,52H2,1-2H3,(H,54,55)/b8-6-,14-12-,17-15-,20-18-,23-21-,27-24-,28-26-,33-31-. The van der Waals surface area contributed by atoms with Crippen LogP contribution in [0.15, 0.2) is 97.2 Å². The number of ether oxygens (including phenoxy) is 2. The second-order valence-electron chi connectivity index (χ2n) is 15.2. The van der Waals surface area contributed by atoms with Crippen molar-refractivity contribution in [3.05, 3.63) is 97.2 Å². The van der Waals surface area contributed by atoms with Gasteiger partial charge < -0.3 is 20.1 Å². The molecule has 0 aliphatic carbocycles. The molecule has 0 aromatic heterocycles. The number of hydrogen-bond acceptors (Lipinski definition) is 7. The number of unbranched alkanes of at least 4 members (excludes halogenated alkanes) is 15. The third-order valence-electron chi connectivity index (χ3n) is 9.49. The number of esters is 1. The lowest BCUT2D eigenvalue weighted by molar-refractivity contribution is -0.154. The summed E-state index contributed by atoms with van der Waals surface area (Å²) in [5.74, 6) is -0.356. The van der Waals surface area contributed by atoms with Gasteiger partial charge in [0, 0.05) is 19.6 Å². The van der Waals surface area contributed by atoms with Gasteiger partial charge in [0.15, 0.2) is 0 Å². The van der Waals surface area contributed by atoms with Crippen molar-refractivity contribution in [1.29, 1.82) is 0 Å². The van der Waals surface area contributed by atoms with Crippen molar-refractivity contribution >= 4 is 13.8 Å². The summed E-state index contributed by atoms with van der Waals surface area (Å²) in [7, 11) is -4.30. The van der Waals surface area contributed by atoms with Gasteiger partial charge in [-0.3, -0.25) is 13.8 Å². The molecule has 0 saturated carbocycles. The summed E-state index contributed by atoms with van der Waals surface area (Å²) >= 11 is 0. The molecule has 2 unspecified atom stereocenters. The Bertz CT molecular complexity index is 1240. The van der Waals surface area contributed by atoms with Crippen molar-refractivity contribution in [3.8, 4) is 0 Å². The lowest BCUT2D eigenvalue weighted by atomic mass is 10.1. The van der Waals surface area contributed by atoms with E-state index in [1.807, 2.05) is 0 Å². The van der Waals surface area contributed by atoms with Crippen molar-refractivity contribution in [2.24, 2.45) is 5.73 Å². The Morgan fingerprint density at radius 3 is 1.40 bits per heavy atom. The predicted octanol–water partition coefficient (Wildman–Crippen LogP) is 14.6. The molecule has 0 amide bonds. The van der Waals surface area contributed by atoms with Gasteiger partial charge in [-0.15, -0.1) is 0 Å². The van der Waals surface area contributed by atoms with Crippen LogP contribution in [-0.2, 0) is 27.9 Å². The normalized spacial score (nSPS) is 14.3. The van der Waals surface area contributed by atoms with Gasteiger partial charge >= 0.3 is 13.8 Å². The molecule has 0 radical (unpaired) electrons. The van der Waals surface area contributed by atoms with E-state index in [0.717, 1.165) is 109 Å². The second kappa shape index (κ2) is 47.5. The van der Waals surface area contributed by atoms with Gasteiger partial charge in [-0.25, -0.2) is 4.57 Å². The highest BCUT2D eigenvalue weighted by molar-refractivity contribution is 7.47. The summed E-state index contributed by atoms with van der Waals surface area (Å²) in [5.41, 5.74) is 5.38. The zero-order valence-electron chi connectivity index (χ0n) is 38.2. The van der Waals surface area contributed by atoms with Crippen LogP contribution in [0.5, 0.6) is 0 Å². The van der Waals surface area contributed by atoms with E-state index in [2.05, 4.69) is 111 Å². The maximum Gasteiger partial charge on any atom is 0.472 e. The average Bonchev–Trinajstić information content (AvgIpc) is 3.24. The minimum Gasteiger partial charge on any atom is -0.457 e. The summed E-state index contributed by atoms with van der Waals surface area (Å²) in [5, 5.41) is 0. The van der Waals surface area contributed by atoms with Crippen molar-refractivity contribution in [2.45, 2.75) is 187 Å².